The summed E-state index contributed by atoms with van der Waals surface area (Å²) >= 11 is 3.87. The van der Waals surface area contributed by atoms with Crippen LogP contribution >= 0.6 is 15.9 Å². The quantitative estimate of drug-likeness (QED) is 0.637. The van der Waals surface area contributed by atoms with E-state index in [0.29, 0.717) is 17.8 Å². The molecule has 0 saturated heterocycles. The van der Waals surface area contributed by atoms with E-state index in [1.807, 2.05) is 12.1 Å². The molecule has 3 aliphatic rings. The summed E-state index contributed by atoms with van der Waals surface area (Å²) in [7, 11) is 0. The molecule has 2 saturated carbocycles. The van der Waals surface area contributed by atoms with E-state index in [1.54, 1.807) is 6.26 Å². The van der Waals surface area contributed by atoms with Crippen LogP contribution in [0.3, 0.4) is 0 Å². The van der Waals surface area contributed by atoms with Gasteiger partial charge in [0.15, 0.2) is 0 Å². The minimum Gasteiger partial charge on any atom is -0.466 e. The fourth-order valence-electron chi connectivity index (χ4n) is 4.31. The third-order valence-corrected chi connectivity index (χ3v) is 6.70. The highest BCUT2D eigenvalue weighted by Gasteiger charge is 2.69. The van der Waals surface area contributed by atoms with Gasteiger partial charge >= 0.3 is 0 Å². The SMILES string of the molecule is OC1(c2ccco2)C2CCC1(Br)C1C=CC2C1. The van der Waals surface area contributed by atoms with Gasteiger partial charge in [-0.3, -0.25) is 0 Å². The van der Waals surface area contributed by atoms with E-state index in [2.05, 4.69) is 28.1 Å². The summed E-state index contributed by atoms with van der Waals surface area (Å²) < 4.78 is 5.31. The lowest BCUT2D eigenvalue weighted by Gasteiger charge is -2.47. The van der Waals surface area contributed by atoms with Crippen LogP contribution in [0.2, 0.25) is 0 Å². The van der Waals surface area contributed by atoms with Crippen molar-refractivity contribution < 1.29 is 9.52 Å². The lowest BCUT2D eigenvalue weighted by atomic mass is 9.66. The Morgan fingerprint density at radius 2 is 2.29 bits per heavy atom. The van der Waals surface area contributed by atoms with Gasteiger partial charge in [-0.05, 0) is 43.2 Å². The molecule has 90 valence electrons. The van der Waals surface area contributed by atoms with Gasteiger partial charge in [-0.2, -0.15) is 0 Å². The fraction of sp³-hybridized carbons (Fsp3) is 0.571. The molecule has 2 fully saturated rings. The lowest BCUT2D eigenvalue weighted by Crippen LogP contribution is -2.54. The van der Waals surface area contributed by atoms with Gasteiger partial charge in [0.25, 0.3) is 0 Å². The molecule has 4 rings (SSSR count). The van der Waals surface area contributed by atoms with Crippen molar-refractivity contribution in [1.29, 1.82) is 0 Å². The van der Waals surface area contributed by atoms with Gasteiger partial charge in [-0.15, -0.1) is 0 Å². The Morgan fingerprint density at radius 3 is 3.06 bits per heavy atom. The van der Waals surface area contributed by atoms with E-state index in [1.165, 1.54) is 6.42 Å². The van der Waals surface area contributed by atoms with Gasteiger partial charge in [0.05, 0.1) is 10.6 Å². The summed E-state index contributed by atoms with van der Waals surface area (Å²) in [5.41, 5.74) is -0.840. The van der Waals surface area contributed by atoms with Crippen LogP contribution in [0.4, 0.5) is 0 Å². The highest BCUT2D eigenvalue weighted by atomic mass is 79.9. The summed E-state index contributed by atoms with van der Waals surface area (Å²) in [6, 6.07) is 3.78. The third-order valence-electron chi connectivity index (χ3n) is 5.11. The maximum atomic E-state index is 11.3. The first kappa shape index (κ1) is 10.4. The minimum atomic E-state index is -0.840. The van der Waals surface area contributed by atoms with Crippen molar-refractivity contribution in [3.05, 3.63) is 36.3 Å². The highest BCUT2D eigenvalue weighted by molar-refractivity contribution is 9.10. The van der Waals surface area contributed by atoms with E-state index in [4.69, 9.17) is 4.42 Å². The minimum absolute atomic E-state index is 0.230. The van der Waals surface area contributed by atoms with Crippen molar-refractivity contribution >= 4 is 15.9 Å². The molecule has 1 heterocycles. The number of furan rings is 1. The van der Waals surface area contributed by atoms with Gasteiger partial charge in [-0.1, -0.05) is 28.1 Å². The number of rotatable bonds is 1. The summed E-state index contributed by atoms with van der Waals surface area (Å²) in [6.07, 6.45) is 9.53. The van der Waals surface area contributed by atoms with Gasteiger partial charge in [-0.25, -0.2) is 0 Å². The molecule has 2 nitrogen and oxygen atoms in total. The molecule has 1 aromatic rings. The first-order valence-corrected chi connectivity index (χ1v) is 7.09. The van der Waals surface area contributed by atoms with Crippen molar-refractivity contribution in [2.75, 3.05) is 0 Å². The van der Waals surface area contributed by atoms with Crippen LogP contribution < -0.4 is 0 Å². The molecule has 0 aromatic carbocycles. The fourth-order valence-corrected chi connectivity index (χ4v) is 5.37. The molecular weight excluding hydrogens is 280 g/mol. The molecule has 0 spiro atoms. The predicted molar refractivity (Wildman–Crippen MR) is 67.7 cm³/mol. The number of hydrogen-bond donors (Lipinski definition) is 1. The summed E-state index contributed by atoms with van der Waals surface area (Å²) in [5.74, 6) is 1.97. The van der Waals surface area contributed by atoms with Crippen LogP contribution in [0, 0.1) is 17.8 Å². The van der Waals surface area contributed by atoms with Crippen molar-refractivity contribution in [3.8, 4) is 0 Å². The molecule has 1 aromatic heterocycles. The van der Waals surface area contributed by atoms with Crippen LogP contribution in [0.25, 0.3) is 0 Å². The summed E-state index contributed by atoms with van der Waals surface area (Å²) in [4.78, 5) is 0. The number of fused-ring (bicyclic) bond motifs is 6. The van der Waals surface area contributed by atoms with Crippen molar-refractivity contribution in [2.45, 2.75) is 29.2 Å². The maximum Gasteiger partial charge on any atom is 0.141 e. The zero-order chi connectivity index (χ0) is 11.7. The molecule has 5 unspecified atom stereocenters. The van der Waals surface area contributed by atoms with Gasteiger partial charge in [0.1, 0.15) is 11.4 Å². The van der Waals surface area contributed by atoms with Gasteiger partial charge in [0.2, 0.25) is 0 Å². The van der Waals surface area contributed by atoms with Crippen LogP contribution in [-0.4, -0.2) is 9.43 Å². The second kappa shape index (κ2) is 3.07. The normalized spacial score (nSPS) is 51.1. The number of alkyl halides is 1. The van der Waals surface area contributed by atoms with E-state index < -0.39 is 5.60 Å². The standard InChI is InChI=1S/C14H15BrO2/c15-13-6-5-11(9-3-4-10(13)8-9)14(13,16)12-2-1-7-17-12/h1-4,7,9-11,16H,5-6,8H2. The third kappa shape index (κ3) is 1.02. The molecule has 0 aliphatic heterocycles. The molecule has 3 aliphatic carbocycles. The Bertz CT molecular complexity index is 480. The first-order valence-electron chi connectivity index (χ1n) is 6.30. The molecule has 0 radical (unpaired) electrons. The predicted octanol–water partition coefficient (Wildman–Crippen LogP) is 3.22. The second-order valence-electron chi connectivity index (χ2n) is 5.64. The summed E-state index contributed by atoms with van der Waals surface area (Å²) in [6.45, 7) is 0. The molecule has 17 heavy (non-hydrogen) atoms. The number of hydrogen-bond acceptors (Lipinski definition) is 2. The van der Waals surface area contributed by atoms with Crippen molar-refractivity contribution in [3.63, 3.8) is 0 Å². The number of allylic oxidation sites excluding steroid dienone is 2. The maximum absolute atomic E-state index is 11.3. The van der Waals surface area contributed by atoms with Crippen LogP contribution in [0.5, 0.6) is 0 Å². The van der Waals surface area contributed by atoms with Crippen molar-refractivity contribution in [2.24, 2.45) is 17.8 Å². The van der Waals surface area contributed by atoms with E-state index in [0.717, 1.165) is 18.6 Å². The first-order chi connectivity index (χ1) is 8.16. The molecule has 4 bridgehead atoms. The number of aliphatic hydroxyl groups is 1. The largest absolute Gasteiger partial charge is 0.466 e. The van der Waals surface area contributed by atoms with E-state index >= 15 is 0 Å². The van der Waals surface area contributed by atoms with E-state index in [-0.39, 0.29) is 4.32 Å². The Labute approximate surface area is 109 Å². The Kier molecular flexibility index (Phi) is 1.87. The van der Waals surface area contributed by atoms with Gasteiger partial charge < -0.3 is 9.52 Å². The Hall–Kier alpha value is -0.540. The second-order valence-corrected chi connectivity index (χ2v) is 7.06. The average molecular weight is 295 g/mol. The molecule has 0 amide bonds. The zero-order valence-electron chi connectivity index (χ0n) is 9.47. The number of halogens is 1. The smallest absolute Gasteiger partial charge is 0.141 e. The van der Waals surface area contributed by atoms with Crippen molar-refractivity contribution in [1.82, 2.24) is 0 Å². The summed E-state index contributed by atoms with van der Waals surface area (Å²) in [5, 5.41) is 11.3. The molecule has 5 atom stereocenters. The Morgan fingerprint density at radius 1 is 1.41 bits per heavy atom. The highest BCUT2D eigenvalue weighted by Crippen LogP contribution is 2.67. The van der Waals surface area contributed by atoms with Crippen LogP contribution in [0.1, 0.15) is 25.0 Å². The van der Waals surface area contributed by atoms with E-state index in [9.17, 15) is 5.11 Å². The molecule has 1 N–H and O–H groups in total. The monoisotopic (exact) mass is 294 g/mol. The average Bonchev–Trinajstić information content (AvgIpc) is 2.97. The Balaban J connectivity index is 1.93. The topological polar surface area (TPSA) is 33.4 Å². The molecular formula is C14H15BrO2. The zero-order valence-corrected chi connectivity index (χ0v) is 11.1. The van der Waals surface area contributed by atoms with Crippen LogP contribution in [-0.2, 0) is 5.60 Å². The van der Waals surface area contributed by atoms with Gasteiger partial charge in [0, 0.05) is 5.92 Å². The lowest BCUT2D eigenvalue weighted by molar-refractivity contribution is -0.0861. The molecule has 3 heteroatoms. The van der Waals surface area contributed by atoms with Crippen LogP contribution in [0.15, 0.2) is 35.0 Å².